The van der Waals surface area contributed by atoms with Gasteiger partial charge < -0.3 is 28.5 Å². The highest BCUT2D eigenvalue weighted by Gasteiger charge is 2.27. The summed E-state index contributed by atoms with van der Waals surface area (Å²) in [6.07, 6.45) is 81.2. The average Bonchev–Trinajstić information content (AvgIpc) is 3.44. The fourth-order valence-electron chi connectivity index (χ4n) is 9.78. The molecule has 0 aliphatic heterocycles. The van der Waals surface area contributed by atoms with Crippen LogP contribution in [0.5, 0.6) is 0 Å². The number of hydrogen-bond acceptors (Lipinski definition) is 7. The number of phosphoric acid groups is 1. The van der Waals surface area contributed by atoms with Crippen LogP contribution in [-0.2, 0) is 27.9 Å². The summed E-state index contributed by atoms with van der Waals surface area (Å²) in [4.78, 5) is 40.1. The number of quaternary nitrogens is 1. The van der Waals surface area contributed by atoms with Gasteiger partial charge >= 0.3 is 5.97 Å². The third-order valence-corrected chi connectivity index (χ3v) is 16.0. The first-order valence-corrected chi connectivity index (χ1v) is 35.9. The van der Waals surface area contributed by atoms with E-state index in [-0.39, 0.29) is 24.9 Å². The second-order valence-electron chi connectivity index (χ2n) is 24.3. The van der Waals surface area contributed by atoms with Gasteiger partial charge in [-0.3, -0.25) is 14.2 Å². The number of nitrogens with one attached hydrogen (secondary N) is 1. The van der Waals surface area contributed by atoms with Crippen molar-refractivity contribution in [3.8, 4) is 0 Å². The highest BCUT2D eigenvalue weighted by molar-refractivity contribution is 7.45. The molecule has 0 aliphatic carbocycles. The fraction of sp³-hybridized carbons (Fsp3) is 0.778. The van der Waals surface area contributed by atoms with Crippen LogP contribution < -0.4 is 10.2 Å². The van der Waals surface area contributed by atoms with Crippen LogP contribution in [0.3, 0.4) is 0 Å². The fourth-order valence-corrected chi connectivity index (χ4v) is 10.5. The second-order valence-corrected chi connectivity index (χ2v) is 25.7. The molecule has 0 aliphatic rings. The molecule has 1 amide bonds. The zero-order valence-electron chi connectivity index (χ0n) is 54.4. The smallest absolute Gasteiger partial charge is 0.306 e. The van der Waals surface area contributed by atoms with E-state index in [4.69, 9.17) is 13.8 Å². The molecule has 0 fully saturated rings. The topological polar surface area (TPSA) is 114 Å². The highest BCUT2D eigenvalue weighted by atomic mass is 31.2. The number of phosphoric ester groups is 1. The number of esters is 1. The molecule has 0 bridgehead atoms. The second kappa shape index (κ2) is 61.3. The SMILES string of the molecule is CC/C=C\C/C=C\C/C=C\C/C=C\C/C=C\CCCCCCCCCC(=O)OC(/C=C/CCCCCCCCCCCC)C(COP(=O)([O-])OCC[N+](C)(C)C)NC(=O)CCCCCCCCCCCCC/C=C/CCCCCCCC. The Morgan fingerprint density at radius 2 is 0.780 bits per heavy atom. The molecule has 0 aromatic carbocycles. The van der Waals surface area contributed by atoms with Crippen LogP contribution in [0.4, 0.5) is 0 Å². The lowest BCUT2D eigenvalue weighted by Gasteiger charge is -2.30. The quantitative estimate of drug-likeness (QED) is 0.0212. The molecule has 0 radical (unpaired) electrons. The summed E-state index contributed by atoms with van der Waals surface area (Å²) in [5, 5.41) is 3.04. The van der Waals surface area contributed by atoms with E-state index >= 15 is 0 Å². The van der Waals surface area contributed by atoms with Gasteiger partial charge in [0, 0.05) is 12.8 Å². The molecule has 0 heterocycles. The molecule has 0 aromatic rings. The molecule has 0 rings (SSSR count). The molecule has 476 valence electrons. The van der Waals surface area contributed by atoms with Crippen LogP contribution in [0.25, 0.3) is 0 Å². The molecule has 9 nitrogen and oxygen atoms in total. The monoisotopic (exact) mass is 1170 g/mol. The Morgan fingerprint density at radius 1 is 0.439 bits per heavy atom. The number of allylic oxidation sites excluding steroid dienone is 13. The van der Waals surface area contributed by atoms with Crippen LogP contribution in [0.1, 0.15) is 310 Å². The van der Waals surface area contributed by atoms with Crippen molar-refractivity contribution >= 4 is 19.7 Å². The van der Waals surface area contributed by atoms with Gasteiger partial charge in [-0.2, -0.15) is 0 Å². The molecule has 0 spiro atoms. The lowest BCUT2D eigenvalue weighted by molar-refractivity contribution is -0.870. The number of likely N-dealkylation sites (N-methyl/N-ethyl adjacent to an activating group) is 1. The summed E-state index contributed by atoms with van der Waals surface area (Å²) >= 11 is 0. The Hall–Kier alpha value is -2.81. The maximum atomic E-state index is 13.6. The number of rotatable bonds is 62. The van der Waals surface area contributed by atoms with E-state index < -0.39 is 26.6 Å². The molecule has 82 heavy (non-hydrogen) atoms. The van der Waals surface area contributed by atoms with Crippen molar-refractivity contribution in [2.45, 2.75) is 322 Å². The first-order chi connectivity index (χ1) is 39.9. The third kappa shape index (κ3) is 61.7. The highest BCUT2D eigenvalue weighted by Crippen LogP contribution is 2.38. The first kappa shape index (κ1) is 79.2. The van der Waals surface area contributed by atoms with Gasteiger partial charge in [0.25, 0.3) is 7.82 Å². The lowest BCUT2D eigenvalue weighted by Crippen LogP contribution is -2.47. The Labute approximate surface area is 507 Å². The zero-order chi connectivity index (χ0) is 60.0. The summed E-state index contributed by atoms with van der Waals surface area (Å²) < 4.78 is 30.4. The predicted molar refractivity (Wildman–Crippen MR) is 353 cm³/mol. The standard InChI is InChI=1S/C72H131N2O7P/c1-7-10-13-16-19-22-25-28-30-32-34-36-37-39-41-43-45-47-50-53-56-59-62-65-72(76)81-70(63-60-57-54-51-48-27-24-21-18-15-12-9-3)69(68-80-82(77,78)79-67-66-74(4,5)6)73-71(75)64-61-58-55-52-49-46-44-42-40-38-35-33-31-29-26-23-20-17-14-11-8-2/h10,13,19,22,28-31,34,36,39,41,60,63,69-70H,7-9,11-12,14-18,20-21,23-27,32-33,35,37-38,40,42-59,61-62,64-68H2,1-6H3,(H-,73,75,77,78)/b13-10-,22-19-,30-28-,31-29+,36-34-,41-39-,63-60+. The van der Waals surface area contributed by atoms with Crippen molar-refractivity contribution in [2.24, 2.45) is 0 Å². The zero-order valence-corrected chi connectivity index (χ0v) is 55.3. The van der Waals surface area contributed by atoms with Crippen LogP contribution in [0.2, 0.25) is 0 Å². The van der Waals surface area contributed by atoms with Crippen LogP contribution >= 0.6 is 7.82 Å². The Morgan fingerprint density at radius 3 is 1.18 bits per heavy atom. The average molecular weight is 1170 g/mol. The molecule has 3 atom stereocenters. The molecule has 1 N–H and O–H groups in total. The van der Waals surface area contributed by atoms with E-state index in [1.165, 1.54) is 173 Å². The minimum absolute atomic E-state index is 0.0267. The Kier molecular flexibility index (Phi) is 59.2. The number of hydrogen-bond donors (Lipinski definition) is 1. The number of amides is 1. The minimum atomic E-state index is -4.71. The molecule has 0 aromatic heterocycles. The van der Waals surface area contributed by atoms with E-state index in [1.54, 1.807) is 0 Å². The van der Waals surface area contributed by atoms with Crippen molar-refractivity contribution < 1.29 is 37.3 Å². The number of ether oxygens (including phenoxy) is 1. The maximum Gasteiger partial charge on any atom is 0.306 e. The van der Waals surface area contributed by atoms with Crippen molar-refractivity contribution in [3.63, 3.8) is 0 Å². The van der Waals surface area contributed by atoms with Gasteiger partial charge in [-0.25, -0.2) is 0 Å². The minimum Gasteiger partial charge on any atom is -0.756 e. The predicted octanol–water partition coefficient (Wildman–Crippen LogP) is 21.1. The van der Waals surface area contributed by atoms with Crippen LogP contribution in [-0.4, -0.2) is 69.4 Å². The summed E-state index contributed by atoms with van der Waals surface area (Å²) in [5.74, 6) is -0.549. The number of carbonyl (C=O) groups excluding carboxylic acids is 2. The summed E-state index contributed by atoms with van der Waals surface area (Å²) in [7, 11) is 1.18. The molecular weight excluding hydrogens is 1040 g/mol. The van der Waals surface area contributed by atoms with Crippen molar-refractivity contribution in [2.75, 3.05) is 40.9 Å². The normalized spacial score (nSPS) is 14.1. The Balaban J connectivity index is 5.15. The van der Waals surface area contributed by atoms with Crippen molar-refractivity contribution in [1.82, 2.24) is 5.32 Å². The first-order valence-electron chi connectivity index (χ1n) is 34.4. The summed E-state index contributed by atoms with van der Waals surface area (Å²) in [5.41, 5.74) is 0. The van der Waals surface area contributed by atoms with Gasteiger partial charge in [0.1, 0.15) is 19.3 Å². The van der Waals surface area contributed by atoms with Crippen molar-refractivity contribution in [1.29, 1.82) is 0 Å². The van der Waals surface area contributed by atoms with Crippen LogP contribution in [0, 0.1) is 0 Å². The summed E-state index contributed by atoms with van der Waals surface area (Å²) in [6, 6.07) is -0.898. The number of nitrogens with zero attached hydrogens (tertiary/aromatic N) is 1. The van der Waals surface area contributed by atoms with Gasteiger partial charge in [0.15, 0.2) is 0 Å². The maximum absolute atomic E-state index is 13.6. The van der Waals surface area contributed by atoms with Gasteiger partial charge in [-0.05, 0) is 102 Å². The van der Waals surface area contributed by atoms with Gasteiger partial charge in [-0.1, -0.05) is 280 Å². The van der Waals surface area contributed by atoms with Gasteiger partial charge in [-0.15, -0.1) is 0 Å². The molecular formula is C72H131N2O7P. The number of carbonyl (C=O) groups is 2. The Bertz CT molecular complexity index is 1680. The van der Waals surface area contributed by atoms with Crippen LogP contribution in [0.15, 0.2) is 85.1 Å². The van der Waals surface area contributed by atoms with E-state index in [1.807, 2.05) is 33.3 Å². The summed E-state index contributed by atoms with van der Waals surface area (Å²) in [6.45, 7) is 6.74. The third-order valence-electron chi connectivity index (χ3n) is 15.1. The van der Waals surface area contributed by atoms with E-state index in [0.29, 0.717) is 17.4 Å². The number of unbranched alkanes of at least 4 members (excludes halogenated alkanes) is 34. The van der Waals surface area contributed by atoms with E-state index in [9.17, 15) is 19.0 Å². The van der Waals surface area contributed by atoms with Crippen molar-refractivity contribution in [3.05, 3.63) is 85.1 Å². The lowest BCUT2D eigenvalue weighted by atomic mass is 10.0. The molecule has 3 unspecified atom stereocenters. The van der Waals surface area contributed by atoms with E-state index in [0.717, 1.165) is 103 Å². The molecule has 0 saturated carbocycles. The van der Waals surface area contributed by atoms with Gasteiger partial charge in [0.2, 0.25) is 5.91 Å². The molecule has 10 heteroatoms. The van der Waals surface area contributed by atoms with E-state index in [2.05, 4.69) is 99.0 Å². The molecule has 0 saturated heterocycles. The largest absolute Gasteiger partial charge is 0.756 e. The van der Waals surface area contributed by atoms with Gasteiger partial charge in [0.05, 0.1) is 33.8 Å².